The fourth-order valence-electron chi connectivity index (χ4n) is 4.27. The number of hydrogen-bond acceptors (Lipinski definition) is 4. The van der Waals surface area contributed by atoms with E-state index in [2.05, 4.69) is 38.0 Å². The summed E-state index contributed by atoms with van der Waals surface area (Å²) in [5.41, 5.74) is 4.42. The monoisotopic (exact) mass is 454 g/mol. The molecule has 0 spiro atoms. The Kier molecular flexibility index (Phi) is 5.62. The highest BCUT2D eigenvalue weighted by molar-refractivity contribution is 7.80. The van der Waals surface area contributed by atoms with E-state index in [1.807, 2.05) is 60.8 Å². The number of aromatic nitrogens is 2. The van der Waals surface area contributed by atoms with Gasteiger partial charge in [-0.2, -0.15) is 0 Å². The highest BCUT2D eigenvalue weighted by Crippen LogP contribution is 2.42. The average Bonchev–Trinajstić information content (AvgIpc) is 3.49. The summed E-state index contributed by atoms with van der Waals surface area (Å²) in [5.74, 6) is -0.356. The molecule has 0 radical (unpaired) electrons. The lowest BCUT2D eigenvalue weighted by Gasteiger charge is -2.29. The van der Waals surface area contributed by atoms with Gasteiger partial charge in [-0.05, 0) is 72.9 Å². The Hall–Kier alpha value is -3.97. The molecule has 1 aliphatic rings. The first kappa shape index (κ1) is 20.9. The van der Waals surface area contributed by atoms with Crippen LogP contribution in [-0.2, 0) is 4.74 Å². The molecule has 2 aromatic heterocycles. The van der Waals surface area contributed by atoms with Crippen LogP contribution in [0, 0.1) is 0 Å². The molecule has 1 fully saturated rings. The quantitative estimate of drug-likeness (QED) is 0.344. The van der Waals surface area contributed by atoms with Crippen LogP contribution in [0.1, 0.15) is 33.8 Å². The summed E-state index contributed by atoms with van der Waals surface area (Å²) < 4.78 is 6.95. The Labute approximate surface area is 197 Å². The molecular weight excluding hydrogens is 432 g/mol. The largest absolute Gasteiger partial charge is 0.465 e. The lowest BCUT2D eigenvalue weighted by Crippen LogP contribution is -2.30. The van der Waals surface area contributed by atoms with Crippen LogP contribution in [0.2, 0.25) is 0 Å². The number of pyridine rings is 1. The fraction of sp³-hybridized carbons (Fsp3) is 0.115. The molecule has 2 aromatic carbocycles. The molecule has 0 bridgehead atoms. The van der Waals surface area contributed by atoms with Gasteiger partial charge >= 0.3 is 5.97 Å². The van der Waals surface area contributed by atoms with E-state index >= 15 is 0 Å². The van der Waals surface area contributed by atoms with Crippen LogP contribution in [0.25, 0.3) is 5.69 Å². The molecule has 0 saturated carbocycles. The van der Waals surface area contributed by atoms with Gasteiger partial charge in [0.25, 0.3) is 0 Å². The average molecular weight is 455 g/mol. The zero-order valence-electron chi connectivity index (χ0n) is 18.0. The molecule has 0 amide bonds. The van der Waals surface area contributed by atoms with Gasteiger partial charge in [0.1, 0.15) is 6.04 Å². The maximum absolute atomic E-state index is 11.9. The van der Waals surface area contributed by atoms with E-state index in [9.17, 15) is 4.79 Å². The number of carbonyl (C=O) groups excluding carboxylic acids is 1. The molecule has 2 atom stereocenters. The number of esters is 1. The highest BCUT2D eigenvalue weighted by atomic mass is 32.1. The zero-order valence-corrected chi connectivity index (χ0v) is 18.8. The van der Waals surface area contributed by atoms with E-state index in [0.29, 0.717) is 10.7 Å². The number of carbonyl (C=O) groups is 1. The van der Waals surface area contributed by atoms with Gasteiger partial charge in [0.15, 0.2) is 5.11 Å². The predicted molar refractivity (Wildman–Crippen MR) is 131 cm³/mol. The maximum Gasteiger partial charge on any atom is 0.337 e. The molecule has 6 nitrogen and oxygen atoms in total. The summed E-state index contributed by atoms with van der Waals surface area (Å²) in [6, 6.07) is 27.2. The molecule has 0 aliphatic carbocycles. The van der Waals surface area contributed by atoms with Crippen LogP contribution in [0.4, 0.5) is 5.69 Å². The zero-order chi connectivity index (χ0) is 22.8. The van der Waals surface area contributed by atoms with Crippen LogP contribution in [0.3, 0.4) is 0 Å². The number of anilines is 1. The number of methoxy groups -OCH3 is 1. The maximum atomic E-state index is 11.9. The Morgan fingerprint density at radius 3 is 2.39 bits per heavy atom. The molecule has 1 saturated heterocycles. The number of nitrogens with one attached hydrogen (secondary N) is 1. The van der Waals surface area contributed by atoms with E-state index in [-0.39, 0.29) is 18.1 Å². The van der Waals surface area contributed by atoms with E-state index in [0.717, 1.165) is 22.8 Å². The summed E-state index contributed by atoms with van der Waals surface area (Å²) in [4.78, 5) is 18.6. The third-order valence-electron chi connectivity index (χ3n) is 5.78. The summed E-state index contributed by atoms with van der Waals surface area (Å²) in [6.07, 6.45) is 3.81. The van der Waals surface area contributed by atoms with Gasteiger partial charge in [-0.25, -0.2) is 4.79 Å². The Balaban J connectivity index is 1.61. The van der Waals surface area contributed by atoms with Crippen molar-refractivity contribution in [3.8, 4) is 5.69 Å². The molecule has 33 heavy (non-hydrogen) atoms. The van der Waals surface area contributed by atoms with Crippen molar-refractivity contribution in [1.29, 1.82) is 0 Å². The van der Waals surface area contributed by atoms with Crippen LogP contribution >= 0.6 is 12.2 Å². The van der Waals surface area contributed by atoms with Crippen molar-refractivity contribution in [2.24, 2.45) is 0 Å². The lowest BCUT2D eigenvalue weighted by atomic mass is 10.0. The summed E-state index contributed by atoms with van der Waals surface area (Å²) >= 11 is 5.80. The van der Waals surface area contributed by atoms with Gasteiger partial charge < -0.3 is 19.5 Å². The highest BCUT2D eigenvalue weighted by Gasteiger charge is 2.42. The molecule has 0 unspecified atom stereocenters. The number of hydrogen-bond donors (Lipinski definition) is 1. The number of para-hydroxylation sites is 1. The minimum Gasteiger partial charge on any atom is -0.465 e. The minimum absolute atomic E-state index is 0.134. The first-order valence-electron chi connectivity index (χ1n) is 10.6. The van der Waals surface area contributed by atoms with Gasteiger partial charge in [-0.15, -0.1) is 0 Å². The van der Waals surface area contributed by atoms with Crippen LogP contribution in [0.5, 0.6) is 0 Å². The standard InChI is InChI=1S/C26H22N4O2S/c1-32-25(31)18-12-14-19(15-13-18)29-17-7-11-22(29)24-23(21-10-5-6-16-27-21)28-26(33)30(24)20-8-3-2-4-9-20/h2-17,23-24H,1H3,(H,28,33)/t23-,24+/m1/s1. The molecular formula is C26H22N4O2S. The number of nitrogens with zero attached hydrogens (tertiary/aromatic N) is 3. The van der Waals surface area contributed by atoms with Crippen LogP contribution < -0.4 is 10.2 Å². The van der Waals surface area contributed by atoms with Gasteiger partial charge in [0.05, 0.1) is 24.4 Å². The van der Waals surface area contributed by atoms with Gasteiger partial charge in [-0.1, -0.05) is 24.3 Å². The lowest BCUT2D eigenvalue weighted by molar-refractivity contribution is 0.0600. The number of ether oxygens (including phenoxy) is 1. The first-order chi connectivity index (χ1) is 16.2. The Morgan fingerprint density at radius 2 is 1.70 bits per heavy atom. The van der Waals surface area contributed by atoms with Crippen molar-refractivity contribution in [1.82, 2.24) is 14.9 Å². The van der Waals surface area contributed by atoms with E-state index in [4.69, 9.17) is 17.0 Å². The van der Waals surface area contributed by atoms with E-state index < -0.39 is 0 Å². The van der Waals surface area contributed by atoms with Crippen molar-refractivity contribution in [3.63, 3.8) is 0 Å². The molecule has 1 N–H and O–H groups in total. The van der Waals surface area contributed by atoms with E-state index in [1.165, 1.54) is 7.11 Å². The van der Waals surface area contributed by atoms with Crippen molar-refractivity contribution in [2.75, 3.05) is 12.0 Å². The fourth-order valence-corrected chi connectivity index (χ4v) is 4.61. The Morgan fingerprint density at radius 1 is 0.939 bits per heavy atom. The SMILES string of the molecule is COC(=O)c1ccc(-n2cccc2[C@H]2[C@@H](c3ccccn3)NC(=S)N2c2ccccc2)cc1. The van der Waals surface area contributed by atoms with Crippen molar-refractivity contribution < 1.29 is 9.53 Å². The third kappa shape index (κ3) is 3.87. The Bertz CT molecular complexity index is 1270. The third-order valence-corrected chi connectivity index (χ3v) is 6.10. The number of benzene rings is 2. The topological polar surface area (TPSA) is 59.4 Å². The van der Waals surface area contributed by atoms with Crippen molar-refractivity contribution in [2.45, 2.75) is 12.1 Å². The second-order valence-corrected chi connectivity index (χ2v) is 8.06. The van der Waals surface area contributed by atoms with Gasteiger partial charge in [0, 0.05) is 29.5 Å². The molecule has 4 aromatic rings. The van der Waals surface area contributed by atoms with Gasteiger partial charge in [0.2, 0.25) is 0 Å². The second-order valence-electron chi connectivity index (χ2n) is 7.67. The smallest absolute Gasteiger partial charge is 0.337 e. The van der Waals surface area contributed by atoms with Crippen LogP contribution in [-0.4, -0.2) is 27.7 Å². The number of rotatable bonds is 5. The predicted octanol–water partition coefficient (Wildman–Crippen LogP) is 4.84. The van der Waals surface area contributed by atoms with Crippen molar-refractivity contribution >= 4 is 29.0 Å². The molecule has 3 heterocycles. The molecule has 164 valence electrons. The first-order valence-corrected chi connectivity index (χ1v) is 11.0. The molecule has 7 heteroatoms. The molecule has 5 rings (SSSR count). The second kappa shape index (κ2) is 8.88. The number of thiocarbonyl (C=S) groups is 1. The normalized spacial score (nSPS) is 17.6. The van der Waals surface area contributed by atoms with E-state index in [1.54, 1.807) is 18.3 Å². The van der Waals surface area contributed by atoms with Crippen molar-refractivity contribution in [3.05, 3.63) is 114 Å². The summed E-state index contributed by atoms with van der Waals surface area (Å²) in [7, 11) is 1.38. The minimum atomic E-state index is -0.356. The van der Waals surface area contributed by atoms with Crippen LogP contribution in [0.15, 0.2) is 97.3 Å². The summed E-state index contributed by atoms with van der Waals surface area (Å²) in [6.45, 7) is 0. The summed E-state index contributed by atoms with van der Waals surface area (Å²) in [5, 5.41) is 4.14. The van der Waals surface area contributed by atoms with Gasteiger partial charge in [-0.3, -0.25) is 4.98 Å². The molecule has 1 aliphatic heterocycles.